The summed E-state index contributed by atoms with van der Waals surface area (Å²) in [6.45, 7) is 0. The molecule has 0 fully saturated rings. The van der Waals surface area contributed by atoms with Gasteiger partial charge in [0.25, 0.3) is 0 Å². The van der Waals surface area contributed by atoms with Crippen molar-refractivity contribution in [3.05, 3.63) is 53.6 Å². The molecule has 1 heteroatoms. The summed E-state index contributed by atoms with van der Waals surface area (Å²) in [6, 6.07) is 15.3. The maximum atomic E-state index is 2.23. The molecule has 0 atom stereocenters. The molecule has 2 aromatic rings. The predicted octanol–water partition coefficient (Wildman–Crippen LogP) is 3.32. The third kappa shape index (κ3) is 1.25. The third-order valence-electron chi connectivity index (χ3n) is 3.31. The Kier molecular flexibility index (Phi) is 2.00. The molecule has 0 saturated heterocycles. The fourth-order valence-corrected chi connectivity index (χ4v) is 2.56. The second-order valence-electron chi connectivity index (χ2n) is 4.53. The standard InChI is InChI=1S/C15H15N/c1-16(2)15-9-5-8-13-12-7-4-3-6-11(12)10-14(13)15/h3-9H,10H2,1-2H3. The van der Waals surface area contributed by atoms with Crippen LogP contribution >= 0.6 is 0 Å². The highest BCUT2D eigenvalue weighted by Crippen LogP contribution is 2.40. The van der Waals surface area contributed by atoms with Crippen molar-refractivity contribution in [3.63, 3.8) is 0 Å². The number of anilines is 1. The van der Waals surface area contributed by atoms with E-state index in [1.807, 2.05) is 0 Å². The van der Waals surface area contributed by atoms with Crippen LogP contribution in [0.5, 0.6) is 0 Å². The van der Waals surface area contributed by atoms with Gasteiger partial charge in [-0.15, -0.1) is 0 Å². The largest absolute Gasteiger partial charge is 0.377 e. The van der Waals surface area contributed by atoms with Crippen molar-refractivity contribution in [3.8, 4) is 11.1 Å². The van der Waals surface area contributed by atoms with Crippen LogP contribution in [0, 0.1) is 0 Å². The summed E-state index contributed by atoms with van der Waals surface area (Å²) in [5, 5.41) is 0. The predicted molar refractivity (Wildman–Crippen MR) is 69.0 cm³/mol. The van der Waals surface area contributed by atoms with Crippen molar-refractivity contribution in [1.29, 1.82) is 0 Å². The molecule has 3 rings (SSSR count). The minimum atomic E-state index is 1.07. The number of fused-ring (bicyclic) bond motifs is 3. The summed E-state index contributed by atoms with van der Waals surface area (Å²) >= 11 is 0. The number of hydrogen-bond acceptors (Lipinski definition) is 1. The summed E-state index contributed by atoms with van der Waals surface area (Å²) < 4.78 is 0. The van der Waals surface area contributed by atoms with Gasteiger partial charge < -0.3 is 4.90 Å². The minimum Gasteiger partial charge on any atom is -0.377 e. The van der Waals surface area contributed by atoms with E-state index in [1.54, 1.807) is 0 Å². The lowest BCUT2D eigenvalue weighted by Gasteiger charge is -2.16. The Morgan fingerprint density at radius 1 is 0.875 bits per heavy atom. The minimum absolute atomic E-state index is 1.07. The Morgan fingerprint density at radius 2 is 1.62 bits per heavy atom. The normalized spacial score (nSPS) is 12.1. The Morgan fingerprint density at radius 3 is 2.44 bits per heavy atom. The number of hydrogen-bond donors (Lipinski definition) is 0. The van der Waals surface area contributed by atoms with Crippen LogP contribution in [0.15, 0.2) is 42.5 Å². The smallest absolute Gasteiger partial charge is 0.0403 e. The number of nitrogens with zero attached hydrogens (tertiary/aromatic N) is 1. The van der Waals surface area contributed by atoms with Crippen LogP contribution in [0.25, 0.3) is 11.1 Å². The molecular formula is C15H15N. The Bertz CT molecular complexity index is 541. The molecule has 0 amide bonds. The molecule has 0 aromatic heterocycles. The van der Waals surface area contributed by atoms with Gasteiger partial charge in [-0.1, -0.05) is 36.4 Å². The Balaban J connectivity index is 2.24. The summed E-state index contributed by atoms with van der Waals surface area (Å²) in [5.74, 6) is 0. The van der Waals surface area contributed by atoms with Crippen molar-refractivity contribution in [2.75, 3.05) is 19.0 Å². The van der Waals surface area contributed by atoms with Gasteiger partial charge in [0.15, 0.2) is 0 Å². The lowest BCUT2D eigenvalue weighted by Crippen LogP contribution is -2.10. The van der Waals surface area contributed by atoms with E-state index in [1.165, 1.54) is 27.9 Å². The molecule has 0 aliphatic heterocycles. The topological polar surface area (TPSA) is 3.24 Å². The number of rotatable bonds is 1. The van der Waals surface area contributed by atoms with Gasteiger partial charge in [0.2, 0.25) is 0 Å². The van der Waals surface area contributed by atoms with E-state index in [0.29, 0.717) is 0 Å². The highest BCUT2D eigenvalue weighted by molar-refractivity contribution is 5.82. The van der Waals surface area contributed by atoms with Gasteiger partial charge in [-0.05, 0) is 28.3 Å². The molecule has 2 aromatic carbocycles. The van der Waals surface area contributed by atoms with Crippen molar-refractivity contribution in [2.24, 2.45) is 0 Å². The van der Waals surface area contributed by atoms with E-state index >= 15 is 0 Å². The summed E-state index contributed by atoms with van der Waals surface area (Å²) in [5.41, 5.74) is 7.07. The zero-order chi connectivity index (χ0) is 11.1. The first-order valence-corrected chi connectivity index (χ1v) is 5.65. The van der Waals surface area contributed by atoms with Crippen LogP contribution in [-0.2, 0) is 6.42 Å². The van der Waals surface area contributed by atoms with E-state index in [0.717, 1.165) is 6.42 Å². The van der Waals surface area contributed by atoms with Gasteiger partial charge in [-0.2, -0.15) is 0 Å². The van der Waals surface area contributed by atoms with Crippen LogP contribution in [0.2, 0.25) is 0 Å². The first-order chi connectivity index (χ1) is 7.77. The molecule has 0 heterocycles. The Hall–Kier alpha value is -1.76. The van der Waals surface area contributed by atoms with Gasteiger partial charge in [0.1, 0.15) is 0 Å². The van der Waals surface area contributed by atoms with Crippen LogP contribution in [0.1, 0.15) is 11.1 Å². The molecule has 1 nitrogen and oxygen atoms in total. The van der Waals surface area contributed by atoms with Crippen molar-refractivity contribution < 1.29 is 0 Å². The molecule has 0 saturated carbocycles. The molecule has 0 unspecified atom stereocenters. The molecule has 0 bridgehead atoms. The molecule has 1 aliphatic carbocycles. The fraction of sp³-hybridized carbons (Fsp3) is 0.200. The zero-order valence-electron chi connectivity index (χ0n) is 9.70. The lowest BCUT2D eigenvalue weighted by molar-refractivity contribution is 1.10. The van der Waals surface area contributed by atoms with Crippen molar-refractivity contribution in [2.45, 2.75) is 6.42 Å². The van der Waals surface area contributed by atoms with Gasteiger partial charge in [-0.25, -0.2) is 0 Å². The van der Waals surface area contributed by atoms with E-state index in [2.05, 4.69) is 61.5 Å². The molecule has 16 heavy (non-hydrogen) atoms. The van der Waals surface area contributed by atoms with Gasteiger partial charge >= 0.3 is 0 Å². The van der Waals surface area contributed by atoms with Crippen LogP contribution in [-0.4, -0.2) is 14.1 Å². The van der Waals surface area contributed by atoms with Crippen LogP contribution in [0.3, 0.4) is 0 Å². The van der Waals surface area contributed by atoms with E-state index in [9.17, 15) is 0 Å². The summed E-state index contributed by atoms with van der Waals surface area (Å²) in [7, 11) is 4.22. The average molecular weight is 209 g/mol. The first-order valence-electron chi connectivity index (χ1n) is 5.65. The molecule has 0 radical (unpaired) electrons. The van der Waals surface area contributed by atoms with Gasteiger partial charge in [0, 0.05) is 26.2 Å². The van der Waals surface area contributed by atoms with Crippen LogP contribution in [0.4, 0.5) is 5.69 Å². The second-order valence-corrected chi connectivity index (χ2v) is 4.53. The maximum Gasteiger partial charge on any atom is 0.0403 e. The second kappa shape index (κ2) is 3.38. The highest BCUT2D eigenvalue weighted by atomic mass is 15.1. The highest BCUT2D eigenvalue weighted by Gasteiger charge is 2.20. The Labute approximate surface area is 96.3 Å². The molecule has 0 N–H and O–H groups in total. The third-order valence-corrected chi connectivity index (χ3v) is 3.31. The van der Waals surface area contributed by atoms with E-state index in [4.69, 9.17) is 0 Å². The van der Waals surface area contributed by atoms with Crippen molar-refractivity contribution >= 4 is 5.69 Å². The molecule has 0 spiro atoms. The van der Waals surface area contributed by atoms with Gasteiger partial charge in [-0.3, -0.25) is 0 Å². The quantitative estimate of drug-likeness (QED) is 0.594. The molecular weight excluding hydrogens is 194 g/mol. The first kappa shape index (κ1) is 9.46. The summed E-state index contributed by atoms with van der Waals surface area (Å²) in [6.07, 6.45) is 1.07. The molecule has 1 aliphatic rings. The summed E-state index contributed by atoms with van der Waals surface area (Å²) in [4.78, 5) is 2.20. The molecule has 80 valence electrons. The monoisotopic (exact) mass is 209 g/mol. The van der Waals surface area contributed by atoms with E-state index in [-0.39, 0.29) is 0 Å². The zero-order valence-corrected chi connectivity index (χ0v) is 9.70. The van der Waals surface area contributed by atoms with E-state index < -0.39 is 0 Å². The average Bonchev–Trinajstić information content (AvgIpc) is 2.67. The maximum absolute atomic E-state index is 2.23. The SMILES string of the molecule is CN(C)c1cccc2c1Cc1ccccc1-2. The van der Waals surface area contributed by atoms with Crippen molar-refractivity contribution in [1.82, 2.24) is 0 Å². The van der Waals surface area contributed by atoms with Gasteiger partial charge in [0.05, 0.1) is 0 Å². The van der Waals surface area contributed by atoms with Crippen LogP contribution < -0.4 is 4.90 Å². The number of benzene rings is 2. The fourth-order valence-electron chi connectivity index (χ4n) is 2.56. The lowest BCUT2D eigenvalue weighted by atomic mass is 10.0.